The van der Waals surface area contributed by atoms with Crippen molar-refractivity contribution < 1.29 is 0 Å². The number of nitrogens with zero attached hydrogens (tertiary/aromatic N) is 3. The minimum Gasteiger partial charge on any atom is -0.382 e. The van der Waals surface area contributed by atoms with E-state index in [2.05, 4.69) is 25.9 Å². The molecule has 0 aliphatic rings. The van der Waals surface area contributed by atoms with Crippen LogP contribution in [0.2, 0.25) is 0 Å². The lowest BCUT2D eigenvalue weighted by Crippen LogP contribution is -2.13. The Morgan fingerprint density at radius 2 is 2.23 bits per heavy atom. The van der Waals surface area contributed by atoms with Gasteiger partial charge in [-0.3, -0.25) is 9.81 Å². The van der Waals surface area contributed by atoms with E-state index in [4.69, 9.17) is 11.1 Å². The number of imidazole rings is 1. The molecule has 0 amide bonds. The molecule has 0 saturated heterocycles. The number of amidine groups is 1. The molecule has 0 saturated carbocycles. The molecule has 66 valence electrons. The monoisotopic (exact) mass is 239 g/mol. The number of nitrogens with two attached hydrogens (primary N) is 1. The smallest absolute Gasteiger partial charge is 0.155 e. The van der Waals surface area contributed by atoms with Gasteiger partial charge in [0.15, 0.2) is 5.65 Å². The normalized spacial score (nSPS) is 10.5. The molecule has 0 aliphatic carbocycles. The van der Waals surface area contributed by atoms with Gasteiger partial charge in [-0.2, -0.15) is 0 Å². The highest BCUT2D eigenvalue weighted by atomic mass is 79.9. The van der Waals surface area contributed by atoms with Crippen LogP contribution in [0.4, 0.5) is 0 Å². The molecule has 0 unspecified atom stereocenters. The van der Waals surface area contributed by atoms with Gasteiger partial charge in [0.05, 0.1) is 12.4 Å². The van der Waals surface area contributed by atoms with Crippen LogP contribution in [0.25, 0.3) is 5.65 Å². The van der Waals surface area contributed by atoms with Crippen molar-refractivity contribution in [3.8, 4) is 0 Å². The van der Waals surface area contributed by atoms with Crippen molar-refractivity contribution in [3.63, 3.8) is 0 Å². The van der Waals surface area contributed by atoms with Gasteiger partial charge in [0, 0.05) is 6.20 Å². The molecule has 0 radical (unpaired) electrons. The van der Waals surface area contributed by atoms with Gasteiger partial charge in [-0.15, -0.1) is 0 Å². The summed E-state index contributed by atoms with van der Waals surface area (Å²) >= 11 is 3.23. The van der Waals surface area contributed by atoms with Crippen LogP contribution < -0.4 is 5.73 Å². The van der Waals surface area contributed by atoms with E-state index in [0.29, 0.717) is 15.9 Å². The number of rotatable bonds is 1. The molecule has 0 spiro atoms. The van der Waals surface area contributed by atoms with E-state index in [1.54, 1.807) is 23.0 Å². The summed E-state index contributed by atoms with van der Waals surface area (Å²) in [5.74, 6) is -0.00870. The van der Waals surface area contributed by atoms with Crippen molar-refractivity contribution in [2.75, 3.05) is 0 Å². The Balaban J connectivity index is 2.79. The third-order valence-corrected chi connectivity index (χ3v) is 2.05. The fraction of sp³-hybridized carbons (Fsp3) is 0. The Morgan fingerprint density at radius 1 is 1.46 bits per heavy atom. The van der Waals surface area contributed by atoms with Crippen molar-refractivity contribution in [2.24, 2.45) is 5.73 Å². The van der Waals surface area contributed by atoms with Crippen LogP contribution in [0.5, 0.6) is 0 Å². The highest BCUT2D eigenvalue weighted by Crippen LogP contribution is 2.09. The molecule has 13 heavy (non-hydrogen) atoms. The predicted octanol–water partition coefficient (Wildman–Crippen LogP) is 0.776. The van der Waals surface area contributed by atoms with Crippen LogP contribution >= 0.6 is 15.9 Å². The maximum atomic E-state index is 7.29. The van der Waals surface area contributed by atoms with E-state index in [9.17, 15) is 0 Å². The van der Waals surface area contributed by atoms with Crippen molar-refractivity contribution in [1.82, 2.24) is 14.4 Å². The third kappa shape index (κ3) is 1.29. The molecule has 2 aromatic heterocycles. The zero-order chi connectivity index (χ0) is 9.42. The van der Waals surface area contributed by atoms with Gasteiger partial charge in [0.25, 0.3) is 0 Å². The molecule has 0 aliphatic heterocycles. The lowest BCUT2D eigenvalue weighted by atomic mass is 10.4. The molecule has 0 atom stereocenters. The predicted molar refractivity (Wildman–Crippen MR) is 51.7 cm³/mol. The molecule has 2 aromatic rings. The molecule has 5 nitrogen and oxygen atoms in total. The number of hydrogen-bond acceptors (Lipinski definition) is 3. The lowest BCUT2D eigenvalue weighted by molar-refractivity contribution is 1.08. The van der Waals surface area contributed by atoms with Gasteiger partial charge in [0.1, 0.15) is 16.1 Å². The quantitative estimate of drug-likeness (QED) is 0.570. The van der Waals surface area contributed by atoms with Crippen molar-refractivity contribution in [1.29, 1.82) is 5.41 Å². The summed E-state index contributed by atoms with van der Waals surface area (Å²) in [5.41, 5.74) is 6.60. The number of halogens is 1. The van der Waals surface area contributed by atoms with E-state index in [1.165, 1.54) is 0 Å². The third-order valence-electron chi connectivity index (χ3n) is 1.64. The van der Waals surface area contributed by atoms with E-state index in [1.807, 2.05) is 0 Å². The van der Waals surface area contributed by atoms with Crippen LogP contribution in [0.1, 0.15) is 5.69 Å². The molecular weight excluding hydrogens is 234 g/mol. The van der Waals surface area contributed by atoms with Gasteiger partial charge in [-0.05, 0) is 15.9 Å². The highest BCUT2D eigenvalue weighted by molar-refractivity contribution is 9.10. The molecule has 2 rings (SSSR count). The summed E-state index contributed by atoms with van der Waals surface area (Å²) in [7, 11) is 0. The van der Waals surface area contributed by atoms with Gasteiger partial charge in [-0.1, -0.05) is 0 Å². The minimum absolute atomic E-state index is 0.00870. The van der Waals surface area contributed by atoms with Crippen molar-refractivity contribution in [3.05, 3.63) is 28.9 Å². The second kappa shape index (κ2) is 2.81. The molecule has 3 N–H and O–H groups in total. The molecule has 0 bridgehead atoms. The number of hydrogen-bond donors (Lipinski definition) is 2. The molecule has 0 fully saturated rings. The van der Waals surface area contributed by atoms with E-state index >= 15 is 0 Å². The van der Waals surface area contributed by atoms with Crippen LogP contribution in [0.15, 0.2) is 23.2 Å². The topological polar surface area (TPSA) is 80.1 Å². The molecule has 0 aromatic carbocycles. The summed E-state index contributed by atoms with van der Waals surface area (Å²) in [6, 6.07) is 0. The summed E-state index contributed by atoms with van der Waals surface area (Å²) in [5, 5.41) is 7.29. The summed E-state index contributed by atoms with van der Waals surface area (Å²) in [6.45, 7) is 0. The lowest BCUT2D eigenvalue weighted by Gasteiger charge is -1.98. The van der Waals surface area contributed by atoms with Gasteiger partial charge in [-0.25, -0.2) is 9.97 Å². The number of fused-ring (bicyclic) bond motifs is 1. The maximum Gasteiger partial charge on any atom is 0.155 e. The Morgan fingerprint density at radius 3 is 2.92 bits per heavy atom. The Bertz CT molecular complexity index is 475. The molecular formula is C7H6BrN5. The van der Waals surface area contributed by atoms with Gasteiger partial charge in [0.2, 0.25) is 0 Å². The Labute approximate surface area is 82.2 Å². The van der Waals surface area contributed by atoms with Crippen LogP contribution in [-0.2, 0) is 0 Å². The van der Waals surface area contributed by atoms with E-state index in [0.717, 1.165) is 0 Å². The molecule has 6 heteroatoms. The number of nitrogen functional groups attached to an aromatic ring is 1. The van der Waals surface area contributed by atoms with Gasteiger partial charge >= 0.3 is 0 Å². The van der Waals surface area contributed by atoms with Gasteiger partial charge < -0.3 is 5.73 Å². The zero-order valence-electron chi connectivity index (χ0n) is 6.53. The fourth-order valence-corrected chi connectivity index (χ4v) is 1.37. The summed E-state index contributed by atoms with van der Waals surface area (Å²) in [4.78, 5) is 8.04. The Hall–Kier alpha value is -1.43. The average molecular weight is 240 g/mol. The van der Waals surface area contributed by atoms with Crippen molar-refractivity contribution in [2.45, 2.75) is 0 Å². The number of aromatic nitrogens is 3. The first-order chi connectivity index (χ1) is 6.18. The maximum absolute atomic E-state index is 7.29. The highest BCUT2D eigenvalue weighted by Gasteiger charge is 2.05. The summed E-state index contributed by atoms with van der Waals surface area (Å²) in [6.07, 6.45) is 4.88. The summed E-state index contributed by atoms with van der Waals surface area (Å²) < 4.78 is 2.39. The fourth-order valence-electron chi connectivity index (χ4n) is 1.06. The van der Waals surface area contributed by atoms with E-state index < -0.39 is 0 Å². The second-order valence-corrected chi connectivity index (χ2v) is 3.31. The van der Waals surface area contributed by atoms with Crippen LogP contribution in [0, 0.1) is 5.41 Å². The minimum atomic E-state index is -0.00870. The SMILES string of the molecule is N=C(N)c1cnc2cnc(Br)cn12. The first-order valence-corrected chi connectivity index (χ1v) is 4.31. The van der Waals surface area contributed by atoms with Crippen LogP contribution in [0.3, 0.4) is 0 Å². The van der Waals surface area contributed by atoms with Crippen LogP contribution in [-0.4, -0.2) is 20.2 Å². The average Bonchev–Trinajstić information content (AvgIpc) is 2.46. The largest absolute Gasteiger partial charge is 0.382 e. The zero-order valence-corrected chi connectivity index (χ0v) is 8.12. The van der Waals surface area contributed by atoms with E-state index in [-0.39, 0.29) is 5.84 Å². The van der Waals surface area contributed by atoms with Crippen molar-refractivity contribution >= 4 is 27.4 Å². The Kier molecular flexibility index (Phi) is 1.77. The number of nitrogens with one attached hydrogen (secondary N) is 1. The first-order valence-electron chi connectivity index (χ1n) is 3.51. The standard InChI is InChI=1S/C7H6BrN5/c8-5-3-13-4(7(9)10)1-12-6(13)2-11-5/h1-3H,(H3,9,10). The first kappa shape index (κ1) is 8.18. The second-order valence-electron chi connectivity index (χ2n) is 2.50. The molecule has 2 heterocycles.